The van der Waals surface area contributed by atoms with Crippen molar-refractivity contribution in [2.75, 3.05) is 19.6 Å². The van der Waals surface area contributed by atoms with E-state index in [4.69, 9.17) is 5.11 Å². The van der Waals surface area contributed by atoms with E-state index in [0.717, 1.165) is 25.7 Å². The fourth-order valence-electron chi connectivity index (χ4n) is 3.17. The summed E-state index contributed by atoms with van der Waals surface area (Å²) in [7, 11) is 0. The lowest BCUT2D eigenvalue weighted by Gasteiger charge is -2.20. The molecule has 2 fully saturated rings. The van der Waals surface area contributed by atoms with Crippen LogP contribution in [0.25, 0.3) is 0 Å². The van der Waals surface area contributed by atoms with Crippen LogP contribution in [0, 0.1) is 17.8 Å². The van der Waals surface area contributed by atoms with E-state index in [-0.39, 0.29) is 25.5 Å². The van der Waals surface area contributed by atoms with Crippen molar-refractivity contribution in [1.82, 2.24) is 4.90 Å². The van der Waals surface area contributed by atoms with E-state index in [1.54, 1.807) is 4.90 Å². The van der Waals surface area contributed by atoms with E-state index < -0.39 is 24.0 Å². The maximum absolute atomic E-state index is 12.8. The molecule has 0 aromatic rings. The predicted molar refractivity (Wildman–Crippen MR) is 66.3 cm³/mol. The van der Waals surface area contributed by atoms with E-state index in [1.807, 2.05) is 0 Å². The number of halogens is 4. The van der Waals surface area contributed by atoms with Gasteiger partial charge in [0, 0.05) is 19.6 Å². The first-order valence-corrected chi connectivity index (χ1v) is 6.40. The molecule has 1 aliphatic carbocycles. The fourth-order valence-corrected chi connectivity index (χ4v) is 3.17. The van der Waals surface area contributed by atoms with Crippen molar-refractivity contribution in [3.63, 3.8) is 0 Å². The highest BCUT2D eigenvalue weighted by atomic mass is 35.5. The monoisotopic (exact) mass is 301 g/mol. The Hall–Kier alpha value is -0.490. The van der Waals surface area contributed by atoms with E-state index in [9.17, 15) is 18.0 Å². The van der Waals surface area contributed by atoms with Crippen LogP contribution >= 0.6 is 12.4 Å². The molecule has 0 bridgehead atoms. The maximum Gasteiger partial charge on any atom is 0.393 e. The quantitative estimate of drug-likeness (QED) is 0.871. The molecule has 0 aromatic heterocycles. The first-order chi connectivity index (χ1) is 8.38. The van der Waals surface area contributed by atoms with Crippen LogP contribution in [0.2, 0.25) is 0 Å². The molecule has 0 unspecified atom stereocenters. The molecule has 1 saturated heterocycles. The summed E-state index contributed by atoms with van der Waals surface area (Å²) < 4.78 is 38.3. The van der Waals surface area contributed by atoms with Crippen LogP contribution in [-0.4, -0.2) is 41.8 Å². The minimum atomic E-state index is -4.41. The highest BCUT2D eigenvalue weighted by molar-refractivity contribution is 5.85. The highest BCUT2D eigenvalue weighted by Crippen LogP contribution is 2.38. The second-order valence-corrected chi connectivity index (χ2v) is 5.46. The average Bonchev–Trinajstić information content (AvgIpc) is 2.85. The molecule has 1 aliphatic heterocycles. The van der Waals surface area contributed by atoms with Gasteiger partial charge in [-0.2, -0.15) is 13.2 Å². The Balaban J connectivity index is 0.00000180. The van der Waals surface area contributed by atoms with Crippen LogP contribution in [0.1, 0.15) is 25.7 Å². The Kier molecular flexibility index (Phi) is 5.50. The number of carboxylic acids is 1. The highest BCUT2D eigenvalue weighted by Gasteiger charge is 2.52. The van der Waals surface area contributed by atoms with Crippen LogP contribution in [0.4, 0.5) is 13.2 Å². The number of alkyl halides is 3. The van der Waals surface area contributed by atoms with Crippen molar-refractivity contribution < 1.29 is 23.1 Å². The largest absolute Gasteiger partial charge is 0.481 e. The number of aliphatic carboxylic acids is 1. The average molecular weight is 302 g/mol. The van der Waals surface area contributed by atoms with Gasteiger partial charge in [0.25, 0.3) is 0 Å². The van der Waals surface area contributed by atoms with Gasteiger partial charge < -0.3 is 10.0 Å². The van der Waals surface area contributed by atoms with Gasteiger partial charge in [-0.1, -0.05) is 12.8 Å². The molecular weight excluding hydrogens is 283 g/mol. The topological polar surface area (TPSA) is 40.5 Å². The van der Waals surface area contributed by atoms with Crippen molar-refractivity contribution in [3.05, 3.63) is 0 Å². The van der Waals surface area contributed by atoms with Crippen LogP contribution in [0.15, 0.2) is 0 Å². The summed E-state index contributed by atoms with van der Waals surface area (Å²) in [5.74, 6) is -3.89. The zero-order chi connectivity index (χ0) is 13.3. The molecule has 2 aliphatic rings. The summed E-state index contributed by atoms with van der Waals surface area (Å²) in [5, 5.41) is 8.90. The minimum absolute atomic E-state index is 0. The second kappa shape index (κ2) is 6.31. The molecule has 0 aromatic carbocycles. The van der Waals surface area contributed by atoms with Crippen molar-refractivity contribution in [2.24, 2.45) is 17.8 Å². The van der Waals surface area contributed by atoms with Gasteiger partial charge >= 0.3 is 12.1 Å². The SMILES string of the molecule is Cl.O=C(O)[C@@H]1CN(CC2CCCC2)C[C@H]1C(F)(F)F. The molecule has 112 valence electrons. The van der Waals surface area contributed by atoms with Gasteiger partial charge in [-0.25, -0.2) is 0 Å². The van der Waals surface area contributed by atoms with Gasteiger partial charge in [0.1, 0.15) is 0 Å². The lowest BCUT2D eigenvalue weighted by atomic mass is 9.96. The van der Waals surface area contributed by atoms with Crippen LogP contribution in [-0.2, 0) is 4.79 Å². The van der Waals surface area contributed by atoms with Gasteiger partial charge in [-0.15, -0.1) is 12.4 Å². The molecule has 1 heterocycles. The zero-order valence-electron chi connectivity index (χ0n) is 10.5. The first kappa shape index (κ1) is 16.6. The minimum Gasteiger partial charge on any atom is -0.481 e. The number of likely N-dealkylation sites (tertiary alicyclic amines) is 1. The Labute approximate surface area is 116 Å². The predicted octanol–water partition coefficient (Wildman–Crippen LogP) is 2.79. The third kappa shape index (κ3) is 3.99. The smallest absolute Gasteiger partial charge is 0.393 e. The van der Waals surface area contributed by atoms with Crippen LogP contribution in [0.5, 0.6) is 0 Å². The molecule has 1 saturated carbocycles. The number of carbonyl (C=O) groups is 1. The standard InChI is InChI=1S/C12H18F3NO2.ClH/c13-12(14,15)10-7-16(6-9(10)11(17)18)5-8-3-1-2-4-8;/h8-10H,1-7H2,(H,17,18);1H/t9-,10-;/m1./s1. The van der Waals surface area contributed by atoms with Crippen molar-refractivity contribution in [3.8, 4) is 0 Å². The molecular formula is C12H19ClF3NO2. The van der Waals surface area contributed by atoms with Gasteiger partial charge in [0.2, 0.25) is 0 Å². The van der Waals surface area contributed by atoms with Gasteiger partial charge in [0.15, 0.2) is 0 Å². The number of nitrogens with zero attached hydrogens (tertiary/aromatic N) is 1. The van der Waals surface area contributed by atoms with E-state index in [0.29, 0.717) is 12.5 Å². The summed E-state index contributed by atoms with van der Waals surface area (Å²) in [5.41, 5.74) is 0. The van der Waals surface area contributed by atoms with E-state index in [1.165, 1.54) is 0 Å². The third-order valence-corrected chi connectivity index (χ3v) is 4.12. The zero-order valence-corrected chi connectivity index (χ0v) is 11.3. The Bertz CT molecular complexity index is 319. The Morgan fingerprint density at radius 2 is 1.79 bits per heavy atom. The summed E-state index contributed by atoms with van der Waals surface area (Å²) in [4.78, 5) is 12.6. The summed E-state index contributed by atoms with van der Waals surface area (Å²) in [6.07, 6.45) is -0.00351. The van der Waals surface area contributed by atoms with Gasteiger partial charge in [-0.3, -0.25) is 4.79 Å². The Morgan fingerprint density at radius 3 is 2.21 bits per heavy atom. The molecule has 0 radical (unpaired) electrons. The number of rotatable bonds is 3. The van der Waals surface area contributed by atoms with Gasteiger partial charge in [-0.05, 0) is 18.8 Å². The van der Waals surface area contributed by atoms with Crippen LogP contribution < -0.4 is 0 Å². The first-order valence-electron chi connectivity index (χ1n) is 6.40. The molecule has 2 rings (SSSR count). The molecule has 19 heavy (non-hydrogen) atoms. The van der Waals surface area contributed by atoms with E-state index >= 15 is 0 Å². The van der Waals surface area contributed by atoms with Crippen LogP contribution in [0.3, 0.4) is 0 Å². The van der Waals surface area contributed by atoms with Gasteiger partial charge in [0.05, 0.1) is 11.8 Å². The second-order valence-electron chi connectivity index (χ2n) is 5.46. The lowest BCUT2D eigenvalue weighted by molar-refractivity contribution is -0.188. The number of hydrogen-bond acceptors (Lipinski definition) is 2. The number of hydrogen-bond donors (Lipinski definition) is 1. The molecule has 3 nitrogen and oxygen atoms in total. The van der Waals surface area contributed by atoms with Crippen molar-refractivity contribution in [1.29, 1.82) is 0 Å². The van der Waals surface area contributed by atoms with E-state index in [2.05, 4.69) is 0 Å². The number of carboxylic acid groups (broad SMARTS) is 1. The molecule has 0 amide bonds. The van der Waals surface area contributed by atoms with Crippen molar-refractivity contribution >= 4 is 18.4 Å². The lowest BCUT2D eigenvalue weighted by Crippen LogP contribution is -2.33. The molecule has 2 atom stereocenters. The summed E-state index contributed by atoms with van der Waals surface area (Å²) in [6.45, 7) is 0.503. The fraction of sp³-hybridized carbons (Fsp3) is 0.917. The molecule has 7 heteroatoms. The van der Waals surface area contributed by atoms with Crippen molar-refractivity contribution in [2.45, 2.75) is 31.9 Å². The maximum atomic E-state index is 12.8. The third-order valence-electron chi connectivity index (χ3n) is 4.12. The normalized spacial score (nSPS) is 29.4. The Morgan fingerprint density at radius 1 is 1.21 bits per heavy atom. The molecule has 1 N–H and O–H groups in total. The summed E-state index contributed by atoms with van der Waals surface area (Å²) >= 11 is 0. The summed E-state index contributed by atoms with van der Waals surface area (Å²) in [6, 6.07) is 0. The molecule has 0 spiro atoms.